The van der Waals surface area contributed by atoms with Crippen molar-refractivity contribution in [2.24, 2.45) is 7.05 Å². The van der Waals surface area contributed by atoms with Crippen molar-refractivity contribution in [2.75, 3.05) is 11.5 Å². The molecule has 0 aromatic carbocycles. The average molecular weight is 174 g/mol. The summed E-state index contributed by atoms with van der Waals surface area (Å²) >= 11 is 5.66. The zero-order valence-electron chi connectivity index (χ0n) is 6.43. The molecule has 0 spiro atoms. The van der Waals surface area contributed by atoms with E-state index in [1.165, 1.54) is 0 Å². The van der Waals surface area contributed by atoms with Gasteiger partial charge in [-0.3, -0.25) is 0 Å². The molecule has 0 aliphatic rings. The largest absolute Gasteiger partial charge is 0.390 e. The molecule has 0 aliphatic heterocycles. The van der Waals surface area contributed by atoms with Gasteiger partial charge in [-0.2, -0.15) is 0 Å². The molecule has 1 rings (SSSR count). The molecule has 0 fully saturated rings. The van der Waals surface area contributed by atoms with Gasteiger partial charge in [-0.1, -0.05) is 4.98 Å². The SMILES string of the molecule is Cc1nc(Cl)c(N)c(N)[n+]1C. The molecule has 11 heavy (non-hydrogen) atoms. The third kappa shape index (κ3) is 1.21. The van der Waals surface area contributed by atoms with Gasteiger partial charge >= 0.3 is 0 Å². The summed E-state index contributed by atoms with van der Waals surface area (Å²) in [6.07, 6.45) is 0. The maximum absolute atomic E-state index is 5.66. The van der Waals surface area contributed by atoms with E-state index in [9.17, 15) is 0 Å². The number of nitrogens with two attached hydrogens (primary N) is 2. The molecule has 4 nitrogen and oxygen atoms in total. The van der Waals surface area contributed by atoms with Crippen molar-refractivity contribution < 1.29 is 4.57 Å². The van der Waals surface area contributed by atoms with Crippen molar-refractivity contribution in [3.05, 3.63) is 11.0 Å². The fourth-order valence-corrected chi connectivity index (χ4v) is 0.957. The van der Waals surface area contributed by atoms with Crippen molar-refractivity contribution in [2.45, 2.75) is 6.92 Å². The molecule has 0 saturated carbocycles. The van der Waals surface area contributed by atoms with Crippen LogP contribution in [-0.2, 0) is 7.05 Å². The highest BCUT2D eigenvalue weighted by atomic mass is 35.5. The van der Waals surface area contributed by atoms with Gasteiger partial charge in [-0.05, 0) is 11.6 Å². The molecule has 0 atom stereocenters. The van der Waals surface area contributed by atoms with Crippen molar-refractivity contribution in [1.82, 2.24) is 4.98 Å². The minimum atomic E-state index is 0.262. The zero-order chi connectivity index (χ0) is 8.59. The second-order valence-corrected chi connectivity index (χ2v) is 2.67. The van der Waals surface area contributed by atoms with E-state index in [1.54, 1.807) is 11.6 Å². The van der Waals surface area contributed by atoms with Crippen LogP contribution in [0.25, 0.3) is 0 Å². The smallest absolute Gasteiger partial charge is 0.247 e. The minimum Gasteiger partial charge on any atom is -0.390 e. The van der Waals surface area contributed by atoms with Crippen molar-refractivity contribution in [1.29, 1.82) is 0 Å². The van der Waals surface area contributed by atoms with Gasteiger partial charge in [-0.15, -0.1) is 0 Å². The molecular formula is C6H10ClN4+. The monoisotopic (exact) mass is 173 g/mol. The summed E-state index contributed by atoms with van der Waals surface area (Å²) < 4.78 is 1.68. The van der Waals surface area contributed by atoms with Crippen LogP contribution in [0, 0.1) is 6.92 Å². The Morgan fingerprint density at radius 2 is 2.00 bits per heavy atom. The van der Waals surface area contributed by atoms with Crippen LogP contribution in [0.5, 0.6) is 0 Å². The quantitative estimate of drug-likeness (QED) is 0.430. The number of halogens is 1. The molecule has 0 bridgehead atoms. The van der Waals surface area contributed by atoms with E-state index in [-0.39, 0.29) is 5.15 Å². The molecule has 5 heteroatoms. The topological polar surface area (TPSA) is 68.8 Å². The Morgan fingerprint density at radius 3 is 2.55 bits per heavy atom. The second kappa shape index (κ2) is 2.54. The Labute approximate surface area is 69.8 Å². The van der Waals surface area contributed by atoms with Gasteiger partial charge in [0, 0.05) is 6.92 Å². The van der Waals surface area contributed by atoms with Crippen LogP contribution < -0.4 is 16.0 Å². The highest BCUT2D eigenvalue weighted by molar-refractivity contribution is 6.32. The normalized spacial score (nSPS) is 10.1. The standard InChI is InChI=1S/C6H9ClN4/c1-3-10-5(7)4(8)6(9)11(3)2/h9H,8H2,1-2H3/p+1. The Hall–Kier alpha value is -1.03. The van der Waals surface area contributed by atoms with E-state index in [0.29, 0.717) is 11.5 Å². The highest BCUT2D eigenvalue weighted by Gasteiger charge is 2.14. The lowest BCUT2D eigenvalue weighted by Crippen LogP contribution is -2.37. The summed E-state index contributed by atoms with van der Waals surface area (Å²) in [5, 5.41) is 0.262. The Balaban J connectivity index is 3.46. The lowest BCUT2D eigenvalue weighted by molar-refractivity contribution is -0.665. The first kappa shape index (κ1) is 8.07. The predicted molar refractivity (Wildman–Crippen MR) is 44.0 cm³/mol. The molecule has 0 amide bonds. The predicted octanol–water partition coefficient (Wildman–Crippen LogP) is 0.0323. The third-order valence-electron chi connectivity index (χ3n) is 1.60. The molecule has 0 radical (unpaired) electrons. The molecule has 1 aromatic heterocycles. The summed E-state index contributed by atoms with van der Waals surface area (Å²) in [5.74, 6) is 1.18. The number of hydrogen-bond donors (Lipinski definition) is 2. The van der Waals surface area contributed by atoms with E-state index in [2.05, 4.69) is 4.98 Å². The van der Waals surface area contributed by atoms with E-state index in [0.717, 1.165) is 5.82 Å². The first-order valence-electron chi connectivity index (χ1n) is 3.11. The summed E-state index contributed by atoms with van der Waals surface area (Å²) in [6, 6.07) is 0. The van der Waals surface area contributed by atoms with Gasteiger partial charge in [-0.25, -0.2) is 4.57 Å². The molecule has 0 aliphatic carbocycles. The molecule has 1 heterocycles. The molecule has 60 valence electrons. The number of nitrogen functional groups attached to an aromatic ring is 2. The second-order valence-electron chi connectivity index (χ2n) is 2.31. The first-order valence-corrected chi connectivity index (χ1v) is 3.49. The van der Waals surface area contributed by atoms with Crippen LogP contribution in [0.4, 0.5) is 11.5 Å². The van der Waals surface area contributed by atoms with Crippen LogP contribution in [-0.4, -0.2) is 4.98 Å². The zero-order valence-corrected chi connectivity index (χ0v) is 7.18. The van der Waals surface area contributed by atoms with E-state index < -0.39 is 0 Å². The maximum Gasteiger partial charge on any atom is 0.247 e. The number of hydrogen-bond acceptors (Lipinski definition) is 3. The maximum atomic E-state index is 5.66. The van der Waals surface area contributed by atoms with Crippen LogP contribution in [0.2, 0.25) is 5.15 Å². The molecular weight excluding hydrogens is 164 g/mol. The van der Waals surface area contributed by atoms with E-state index >= 15 is 0 Å². The van der Waals surface area contributed by atoms with Gasteiger partial charge in [0.05, 0.1) is 7.05 Å². The van der Waals surface area contributed by atoms with Crippen molar-refractivity contribution in [3.8, 4) is 0 Å². The van der Waals surface area contributed by atoms with Crippen LogP contribution >= 0.6 is 11.6 Å². The lowest BCUT2D eigenvalue weighted by Gasteiger charge is -2.02. The number of aromatic nitrogens is 2. The van der Waals surface area contributed by atoms with E-state index in [4.69, 9.17) is 23.1 Å². The number of anilines is 2. The first-order chi connectivity index (χ1) is 5.04. The number of aryl methyl sites for hydroxylation is 1. The number of rotatable bonds is 0. The van der Waals surface area contributed by atoms with Crippen molar-refractivity contribution >= 4 is 23.1 Å². The summed E-state index contributed by atoms with van der Waals surface area (Å²) in [5.41, 5.74) is 11.4. The van der Waals surface area contributed by atoms with Crippen LogP contribution in [0.1, 0.15) is 5.82 Å². The van der Waals surface area contributed by atoms with Gasteiger partial charge < -0.3 is 11.5 Å². The molecule has 4 N–H and O–H groups in total. The Morgan fingerprint density at radius 1 is 1.45 bits per heavy atom. The van der Waals surface area contributed by atoms with Gasteiger partial charge in [0.15, 0.2) is 5.69 Å². The molecule has 0 saturated heterocycles. The summed E-state index contributed by atoms with van der Waals surface area (Å²) in [6.45, 7) is 1.81. The average Bonchev–Trinajstić information content (AvgIpc) is 1.97. The number of nitrogens with zero attached hydrogens (tertiary/aromatic N) is 2. The van der Waals surface area contributed by atoms with Gasteiger partial charge in [0.2, 0.25) is 16.8 Å². The molecule has 1 aromatic rings. The lowest BCUT2D eigenvalue weighted by atomic mass is 10.4. The minimum absolute atomic E-state index is 0.262. The Bertz CT molecular complexity index is 271. The van der Waals surface area contributed by atoms with Gasteiger partial charge in [0.1, 0.15) is 0 Å². The fraction of sp³-hybridized carbons (Fsp3) is 0.333. The third-order valence-corrected chi connectivity index (χ3v) is 1.89. The van der Waals surface area contributed by atoms with Crippen LogP contribution in [0.15, 0.2) is 0 Å². The van der Waals surface area contributed by atoms with E-state index in [1.807, 2.05) is 6.92 Å². The summed E-state index contributed by atoms with van der Waals surface area (Å²) in [4.78, 5) is 3.96. The fourth-order valence-electron chi connectivity index (χ4n) is 0.738. The summed E-state index contributed by atoms with van der Waals surface area (Å²) in [7, 11) is 1.78. The van der Waals surface area contributed by atoms with Crippen molar-refractivity contribution in [3.63, 3.8) is 0 Å². The Kier molecular flexibility index (Phi) is 1.87. The van der Waals surface area contributed by atoms with Gasteiger partial charge in [0.25, 0.3) is 0 Å². The highest BCUT2D eigenvalue weighted by Crippen LogP contribution is 2.18. The van der Waals surface area contributed by atoms with Crippen LogP contribution in [0.3, 0.4) is 0 Å². The molecule has 0 unspecified atom stereocenters.